The van der Waals surface area contributed by atoms with E-state index in [0.29, 0.717) is 13.0 Å². The number of nitrogens with one attached hydrogen (secondary N) is 1. The van der Waals surface area contributed by atoms with Gasteiger partial charge in [0.15, 0.2) is 0 Å². The smallest absolute Gasteiger partial charge is 0.226 e. The van der Waals surface area contributed by atoms with E-state index in [4.69, 9.17) is 0 Å². The second-order valence-corrected chi connectivity index (χ2v) is 6.38. The van der Waals surface area contributed by atoms with Crippen molar-refractivity contribution in [3.8, 4) is 0 Å². The van der Waals surface area contributed by atoms with Gasteiger partial charge in [0.2, 0.25) is 5.91 Å². The maximum absolute atomic E-state index is 12.1. The molecule has 134 valence electrons. The summed E-state index contributed by atoms with van der Waals surface area (Å²) in [6.45, 7) is 10.2. The summed E-state index contributed by atoms with van der Waals surface area (Å²) in [4.78, 5) is 20.9. The second-order valence-electron chi connectivity index (χ2n) is 6.38. The molecule has 2 aromatic rings. The van der Waals surface area contributed by atoms with Crippen LogP contribution < -0.4 is 10.2 Å². The first kappa shape index (κ1) is 17.4. The number of likely N-dealkylation sites (N-methyl/N-ethyl adjacent to an activating group) is 1. The molecule has 0 bridgehead atoms. The Bertz CT molecular complexity index is 692. The van der Waals surface area contributed by atoms with Crippen molar-refractivity contribution in [1.82, 2.24) is 19.7 Å². The summed E-state index contributed by atoms with van der Waals surface area (Å²) in [7, 11) is 0. The number of piperazine rings is 1. The third-order valence-corrected chi connectivity index (χ3v) is 4.70. The predicted octanol–water partition coefficient (Wildman–Crippen LogP) is 1.76. The van der Waals surface area contributed by atoms with E-state index in [1.54, 1.807) is 11.0 Å². The number of aromatic nitrogens is 3. The molecule has 0 spiro atoms. The molecule has 1 aromatic heterocycles. The molecule has 1 N–H and O–H groups in total. The van der Waals surface area contributed by atoms with Gasteiger partial charge in [-0.1, -0.05) is 6.92 Å². The molecule has 1 aromatic carbocycles. The molecule has 0 unspecified atom stereocenters. The molecule has 0 aliphatic carbocycles. The standard InChI is InChI=1S/C18H26N6O/c1-3-22-8-10-23(11-9-22)16-4-5-17(15(2)12-16)21-18(25)6-7-24-14-19-13-20-24/h4-5,12-14H,3,6-11H2,1-2H3,(H,21,25). The van der Waals surface area contributed by atoms with E-state index in [2.05, 4.69) is 44.3 Å². The summed E-state index contributed by atoms with van der Waals surface area (Å²) in [6, 6.07) is 6.26. The van der Waals surface area contributed by atoms with Gasteiger partial charge in [-0.25, -0.2) is 4.98 Å². The van der Waals surface area contributed by atoms with Crippen LogP contribution in [0.2, 0.25) is 0 Å². The van der Waals surface area contributed by atoms with Crippen molar-refractivity contribution in [2.75, 3.05) is 42.9 Å². The van der Waals surface area contributed by atoms with Crippen LogP contribution in [0, 0.1) is 6.92 Å². The van der Waals surface area contributed by atoms with Crippen LogP contribution in [-0.4, -0.2) is 58.3 Å². The lowest BCUT2D eigenvalue weighted by Crippen LogP contribution is -2.46. The van der Waals surface area contributed by atoms with Crippen molar-refractivity contribution in [1.29, 1.82) is 0 Å². The third kappa shape index (κ3) is 4.57. The van der Waals surface area contributed by atoms with E-state index in [1.807, 2.05) is 13.0 Å². The van der Waals surface area contributed by atoms with Gasteiger partial charge in [-0.15, -0.1) is 0 Å². The van der Waals surface area contributed by atoms with E-state index in [1.165, 1.54) is 12.0 Å². The molecule has 3 rings (SSSR count). The Morgan fingerprint density at radius 1 is 1.24 bits per heavy atom. The second kappa shape index (κ2) is 8.11. The van der Waals surface area contributed by atoms with Gasteiger partial charge >= 0.3 is 0 Å². The molecule has 1 fully saturated rings. The summed E-state index contributed by atoms with van der Waals surface area (Å²) in [6.07, 6.45) is 3.47. The number of hydrogen-bond acceptors (Lipinski definition) is 5. The highest BCUT2D eigenvalue weighted by Crippen LogP contribution is 2.24. The lowest BCUT2D eigenvalue weighted by Gasteiger charge is -2.35. The van der Waals surface area contributed by atoms with Crippen LogP contribution in [0.4, 0.5) is 11.4 Å². The van der Waals surface area contributed by atoms with Crippen LogP contribution in [0.1, 0.15) is 18.9 Å². The van der Waals surface area contributed by atoms with Crippen LogP contribution in [0.25, 0.3) is 0 Å². The maximum atomic E-state index is 12.1. The average Bonchev–Trinajstić information content (AvgIpc) is 3.15. The Morgan fingerprint density at radius 2 is 2.04 bits per heavy atom. The molecule has 2 heterocycles. The van der Waals surface area contributed by atoms with Gasteiger partial charge in [0.1, 0.15) is 12.7 Å². The number of benzene rings is 1. The van der Waals surface area contributed by atoms with Crippen molar-refractivity contribution in [3.05, 3.63) is 36.4 Å². The van der Waals surface area contributed by atoms with Crippen LogP contribution in [0.5, 0.6) is 0 Å². The number of carbonyl (C=O) groups is 1. The predicted molar refractivity (Wildman–Crippen MR) is 98.8 cm³/mol. The van der Waals surface area contributed by atoms with E-state index < -0.39 is 0 Å². The van der Waals surface area contributed by atoms with Crippen LogP contribution >= 0.6 is 0 Å². The monoisotopic (exact) mass is 342 g/mol. The number of amides is 1. The number of carbonyl (C=O) groups excluding carboxylic acids is 1. The minimum absolute atomic E-state index is 0.0112. The Balaban J connectivity index is 1.55. The molecule has 1 aliphatic heterocycles. The third-order valence-electron chi connectivity index (χ3n) is 4.70. The van der Waals surface area contributed by atoms with Gasteiger partial charge in [0.05, 0.1) is 6.54 Å². The summed E-state index contributed by atoms with van der Waals surface area (Å²) in [5.41, 5.74) is 3.19. The van der Waals surface area contributed by atoms with Crippen molar-refractivity contribution in [2.45, 2.75) is 26.8 Å². The molecule has 7 nitrogen and oxygen atoms in total. The van der Waals surface area contributed by atoms with Crippen molar-refractivity contribution in [2.24, 2.45) is 0 Å². The van der Waals surface area contributed by atoms with E-state index in [9.17, 15) is 4.79 Å². The molecule has 0 radical (unpaired) electrons. The Kier molecular flexibility index (Phi) is 5.65. The molecule has 25 heavy (non-hydrogen) atoms. The maximum Gasteiger partial charge on any atom is 0.226 e. The van der Waals surface area contributed by atoms with Crippen molar-refractivity contribution < 1.29 is 4.79 Å². The first-order chi connectivity index (χ1) is 12.2. The Hall–Kier alpha value is -2.41. The zero-order valence-electron chi connectivity index (χ0n) is 15.0. The van der Waals surface area contributed by atoms with Crippen molar-refractivity contribution >= 4 is 17.3 Å². The minimum atomic E-state index is -0.0112. The fourth-order valence-corrected chi connectivity index (χ4v) is 3.08. The summed E-state index contributed by atoms with van der Waals surface area (Å²) in [5, 5.41) is 7.00. The zero-order chi connectivity index (χ0) is 17.6. The zero-order valence-corrected chi connectivity index (χ0v) is 15.0. The SMILES string of the molecule is CCN1CCN(c2ccc(NC(=O)CCn3cncn3)c(C)c2)CC1. The molecule has 7 heteroatoms. The lowest BCUT2D eigenvalue weighted by atomic mass is 10.1. The number of aryl methyl sites for hydroxylation is 2. The minimum Gasteiger partial charge on any atom is -0.369 e. The van der Waals surface area contributed by atoms with Gasteiger partial charge in [-0.3, -0.25) is 9.48 Å². The molecule has 1 saturated heterocycles. The summed E-state index contributed by atoms with van der Waals surface area (Å²) in [5.74, 6) is -0.0112. The summed E-state index contributed by atoms with van der Waals surface area (Å²) < 4.78 is 1.66. The molecule has 1 amide bonds. The Morgan fingerprint density at radius 3 is 2.68 bits per heavy atom. The normalized spacial score (nSPS) is 15.4. The van der Waals surface area contributed by atoms with Gasteiger partial charge in [-0.2, -0.15) is 5.10 Å². The van der Waals surface area contributed by atoms with E-state index in [0.717, 1.165) is 44.0 Å². The molecule has 0 atom stereocenters. The first-order valence-electron chi connectivity index (χ1n) is 8.86. The quantitative estimate of drug-likeness (QED) is 0.866. The number of nitrogens with zero attached hydrogens (tertiary/aromatic N) is 5. The highest BCUT2D eigenvalue weighted by Gasteiger charge is 2.16. The van der Waals surface area contributed by atoms with Gasteiger partial charge in [0.25, 0.3) is 0 Å². The van der Waals surface area contributed by atoms with E-state index >= 15 is 0 Å². The number of rotatable bonds is 6. The van der Waals surface area contributed by atoms with Crippen LogP contribution in [0.15, 0.2) is 30.9 Å². The fraction of sp³-hybridized carbons (Fsp3) is 0.500. The molecule has 0 saturated carbocycles. The highest BCUT2D eigenvalue weighted by molar-refractivity contribution is 5.91. The molecule has 1 aliphatic rings. The largest absolute Gasteiger partial charge is 0.369 e. The van der Waals surface area contributed by atoms with Crippen LogP contribution in [-0.2, 0) is 11.3 Å². The van der Waals surface area contributed by atoms with Gasteiger partial charge < -0.3 is 15.1 Å². The summed E-state index contributed by atoms with van der Waals surface area (Å²) >= 11 is 0. The van der Waals surface area contributed by atoms with Gasteiger partial charge in [0, 0.05) is 44.0 Å². The number of hydrogen-bond donors (Lipinski definition) is 1. The topological polar surface area (TPSA) is 66.3 Å². The molecular formula is C18H26N6O. The first-order valence-corrected chi connectivity index (χ1v) is 8.86. The number of anilines is 2. The van der Waals surface area contributed by atoms with Crippen LogP contribution in [0.3, 0.4) is 0 Å². The lowest BCUT2D eigenvalue weighted by molar-refractivity contribution is -0.116. The average molecular weight is 342 g/mol. The highest BCUT2D eigenvalue weighted by atomic mass is 16.1. The van der Waals surface area contributed by atoms with Gasteiger partial charge in [-0.05, 0) is 37.2 Å². The fourth-order valence-electron chi connectivity index (χ4n) is 3.08. The Labute approximate surface area is 148 Å². The molecular weight excluding hydrogens is 316 g/mol. The van der Waals surface area contributed by atoms with E-state index in [-0.39, 0.29) is 5.91 Å². The van der Waals surface area contributed by atoms with Crippen molar-refractivity contribution in [3.63, 3.8) is 0 Å².